The van der Waals surface area contributed by atoms with Gasteiger partial charge in [0.1, 0.15) is 5.75 Å². The van der Waals surface area contributed by atoms with Gasteiger partial charge in [0, 0.05) is 0 Å². The Bertz CT molecular complexity index is 857. The van der Waals surface area contributed by atoms with E-state index < -0.39 is 10.0 Å². The molecule has 0 bridgehead atoms. The Hall–Kier alpha value is -1.28. The molecule has 5 nitrogen and oxygen atoms in total. The molecule has 0 unspecified atom stereocenters. The average molecular weight is 438 g/mol. The lowest BCUT2D eigenvalue weighted by molar-refractivity contribution is 0.412. The first-order chi connectivity index (χ1) is 10.8. The maximum Gasteiger partial charge on any atom is 0.276 e. The van der Waals surface area contributed by atoms with Gasteiger partial charge in [-0.2, -0.15) is 13.5 Å². The molecule has 1 N–H and O–H groups in total. The van der Waals surface area contributed by atoms with E-state index in [-0.39, 0.29) is 14.9 Å². The van der Waals surface area contributed by atoms with E-state index in [1.54, 1.807) is 25.3 Å². The average Bonchev–Trinajstić information content (AvgIpc) is 2.50. The standard InChI is InChI=1S/C14H11BrCl2N2O3S/c1-22-14-5-2-9(6-11(14)15)8-18-19-23(20,21)10-3-4-12(16)13(17)7-10/h2-8,19H,1H3/b18-8+. The third-order valence-corrected chi connectivity index (χ3v) is 5.34. The predicted octanol–water partition coefficient (Wildman–Crippen LogP) is 4.08. The molecule has 0 fully saturated rings. The highest BCUT2D eigenvalue weighted by atomic mass is 79.9. The lowest BCUT2D eigenvalue weighted by Crippen LogP contribution is -2.18. The highest BCUT2D eigenvalue weighted by Crippen LogP contribution is 2.25. The Kier molecular flexibility index (Phi) is 5.91. The molecule has 0 aliphatic heterocycles. The van der Waals surface area contributed by atoms with Crippen molar-refractivity contribution < 1.29 is 13.2 Å². The summed E-state index contributed by atoms with van der Waals surface area (Å²) in [5.41, 5.74) is 0.689. The topological polar surface area (TPSA) is 67.8 Å². The summed E-state index contributed by atoms with van der Waals surface area (Å²) < 4.78 is 30.0. The lowest BCUT2D eigenvalue weighted by atomic mass is 10.2. The predicted molar refractivity (Wildman–Crippen MR) is 95.1 cm³/mol. The van der Waals surface area contributed by atoms with Crippen molar-refractivity contribution in [1.29, 1.82) is 0 Å². The van der Waals surface area contributed by atoms with Gasteiger partial charge >= 0.3 is 0 Å². The van der Waals surface area contributed by atoms with Gasteiger partial charge in [0.25, 0.3) is 10.0 Å². The van der Waals surface area contributed by atoms with Crippen LogP contribution in [0, 0.1) is 0 Å². The van der Waals surface area contributed by atoms with Crippen LogP contribution in [0.2, 0.25) is 10.0 Å². The number of hydrazone groups is 1. The van der Waals surface area contributed by atoms with Gasteiger partial charge in [0.15, 0.2) is 0 Å². The van der Waals surface area contributed by atoms with Crippen molar-refractivity contribution in [1.82, 2.24) is 4.83 Å². The molecule has 0 aliphatic carbocycles. The molecule has 2 rings (SSSR count). The molecular formula is C14H11BrCl2N2O3S. The smallest absolute Gasteiger partial charge is 0.276 e. The third-order valence-electron chi connectivity index (χ3n) is 2.76. The summed E-state index contributed by atoms with van der Waals surface area (Å²) in [4.78, 5) is 2.08. The third kappa shape index (κ3) is 4.60. The minimum atomic E-state index is -3.82. The van der Waals surface area contributed by atoms with Crippen molar-refractivity contribution in [3.05, 3.63) is 56.5 Å². The summed E-state index contributed by atoms with van der Waals surface area (Å²) in [6, 6.07) is 9.22. The Balaban J connectivity index is 2.15. The van der Waals surface area contributed by atoms with E-state index in [1.807, 2.05) is 0 Å². The van der Waals surface area contributed by atoms with Crippen LogP contribution in [0.4, 0.5) is 0 Å². The summed E-state index contributed by atoms with van der Waals surface area (Å²) in [6.45, 7) is 0. The first kappa shape index (κ1) is 18.1. The van der Waals surface area contributed by atoms with Crippen LogP contribution in [0.5, 0.6) is 5.75 Å². The van der Waals surface area contributed by atoms with Crippen molar-refractivity contribution in [2.75, 3.05) is 7.11 Å². The van der Waals surface area contributed by atoms with Gasteiger partial charge < -0.3 is 4.74 Å². The molecule has 0 saturated carbocycles. The molecule has 0 saturated heterocycles. The van der Waals surface area contributed by atoms with Gasteiger partial charge in [-0.1, -0.05) is 23.2 Å². The first-order valence-electron chi connectivity index (χ1n) is 6.17. The van der Waals surface area contributed by atoms with Crippen LogP contribution in [-0.4, -0.2) is 21.7 Å². The van der Waals surface area contributed by atoms with Crippen LogP contribution >= 0.6 is 39.1 Å². The Morgan fingerprint density at radius 3 is 2.52 bits per heavy atom. The van der Waals surface area contributed by atoms with Gasteiger partial charge in [-0.15, -0.1) is 0 Å². The summed E-state index contributed by atoms with van der Waals surface area (Å²) in [6.07, 6.45) is 1.37. The Labute approximate surface area is 152 Å². The quantitative estimate of drug-likeness (QED) is 0.566. The second kappa shape index (κ2) is 7.53. The van der Waals surface area contributed by atoms with E-state index in [2.05, 4.69) is 25.9 Å². The Morgan fingerprint density at radius 1 is 1.17 bits per heavy atom. The van der Waals surface area contributed by atoms with E-state index in [1.165, 1.54) is 24.4 Å². The highest BCUT2D eigenvalue weighted by molar-refractivity contribution is 9.10. The normalized spacial score (nSPS) is 11.7. The van der Waals surface area contributed by atoms with Crippen molar-refractivity contribution in [2.45, 2.75) is 4.90 Å². The van der Waals surface area contributed by atoms with Crippen molar-refractivity contribution >= 4 is 55.4 Å². The molecule has 0 atom stereocenters. The van der Waals surface area contributed by atoms with Crippen molar-refractivity contribution in [3.8, 4) is 5.75 Å². The zero-order valence-corrected chi connectivity index (χ0v) is 15.7. The van der Waals surface area contributed by atoms with Crippen LogP contribution < -0.4 is 9.57 Å². The molecule has 0 amide bonds. The van der Waals surface area contributed by atoms with E-state index in [4.69, 9.17) is 27.9 Å². The summed E-state index contributed by atoms with van der Waals surface area (Å²) in [5.74, 6) is 0.665. The number of halogens is 3. The second-order valence-corrected chi connectivity index (χ2v) is 7.65. The Morgan fingerprint density at radius 2 is 1.91 bits per heavy atom. The van der Waals surface area contributed by atoms with E-state index >= 15 is 0 Å². The van der Waals surface area contributed by atoms with Crippen LogP contribution in [-0.2, 0) is 10.0 Å². The van der Waals surface area contributed by atoms with Crippen LogP contribution in [0.25, 0.3) is 0 Å². The fourth-order valence-corrected chi connectivity index (χ4v) is 3.37. The first-order valence-corrected chi connectivity index (χ1v) is 9.20. The fourth-order valence-electron chi connectivity index (χ4n) is 1.63. The van der Waals surface area contributed by atoms with E-state index in [9.17, 15) is 8.42 Å². The van der Waals surface area contributed by atoms with Gasteiger partial charge in [0.2, 0.25) is 0 Å². The van der Waals surface area contributed by atoms with Gasteiger partial charge in [0.05, 0.1) is 32.7 Å². The molecular weight excluding hydrogens is 427 g/mol. The number of rotatable bonds is 5. The molecule has 23 heavy (non-hydrogen) atoms. The monoisotopic (exact) mass is 436 g/mol. The van der Waals surface area contributed by atoms with Crippen LogP contribution in [0.1, 0.15) is 5.56 Å². The molecule has 0 spiro atoms. The summed E-state index contributed by atoms with van der Waals surface area (Å²) in [5, 5.41) is 4.16. The number of nitrogens with one attached hydrogen (secondary N) is 1. The van der Waals surface area contributed by atoms with Crippen LogP contribution in [0.3, 0.4) is 0 Å². The van der Waals surface area contributed by atoms with Crippen molar-refractivity contribution in [3.63, 3.8) is 0 Å². The van der Waals surface area contributed by atoms with Gasteiger partial charge in [-0.25, -0.2) is 4.83 Å². The number of sulfonamides is 1. The molecule has 0 heterocycles. The molecule has 0 aromatic heterocycles. The SMILES string of the molecule is COc1ccc(/C=N/NS(=O)(=O)c2ccc(Cl)c(Cl)c2)cc1Br. The number of hydrogen-bond donors (Lipinski definition) is 1. The lowest BCUT2D eigenvalue weighted by Gasteiger charge is -2.05. The number of methoxy groups -OCH3 is 1. The van der Waals surface area contributed by atoms with Gasteiger partial charge in [-0.05, 0) is 57.9 Å². The van der Waals surface area contributed by atoms with Gasteiger partial charge in [-0.3, -0.25) is 0 Å². The summed E-state index contributed by atoms with van der Waals surface area (Å²) in [7, 11) is -2.27. The minimum absolute atomic E-state index is 0.0278. The zero-order chi connectivity index (χ0) is 17.0. The largest absolute Gasteiger partial charge is 0.496 e. The maximum absolute atomic E-state index is 12.1. The van der Waals surface area contributed by atoms with Crippen LogP contribution in [0.15, 0.2) is 50.9 Å². The number of benzene rings is 2. The molecule has 2 aromatic carbocycles. The fraction of sp³-hybridized carbons (Fsp3) is 0.0714. The number of hydrogen-bond acceptors (Lipinski definition) is 4. The van der Waals surface area contributed by atoms with Crippen molar-refractivity contribution in [2.24, 2.45) is 5.10 Å². The van der Waals surface area contributed by atoms with E-state index in [0.717, 1.165) is 4.47 Å². The molecule has 0 aliphatic rings. The minimum Gasteiger partial charge on any atom is -0.496 e. The molecule has 0 radical (unpaired) electrons. The molecule has 2 aromatic rings. The second-order valence-electron chi connectivity index (χ2n) is 4.32. The van der Waals surface area contributed by atoms with E-state index in [0.29, 0.717) is 11.3 Å². The zero-order valence-electron chi connectivity index (χ0n) is 11.8. The highest BCUT2D eigenvalue weighted by Gasteiger charge is 2.14. The summed E-state index contributed by atoms with van der Waals surface area (Å²) >= 11 is 14.9. The maximum atomic E-state index is 12.1. The molecule has 9 heteroatoms. The molecule has 122 valence electrons. The number of ether oxygens (including phenoxy) is 1. The number of nitrogens with zero attached hydrogens (tertiary/aromatic N) is 1.